The van der Waals surface area contributed by atoms with Gasteiger partial charge in [0.1, 0.15) is 0 Å². The number of benzene rings is 2. The normalized spacial score (nSPS) is 24.3. The second-order valence-corrected chi connectivity index (χ2v) is 24.8. The Morgan fingerprint density at radius 1 is 0.591 bits per heavy atom. The van der Waals surface area contributed by atoms with Gasteiger partial charge in [-0.2, -0.15) is 0 Å². The minimum atomic E-state index is -0.397. The number of hydrogen-bond donors (Lipinski definition) is 0. The molecule has 4 heterocycles. The molecule has 8 rings (SSSR count). The van der Waals surface area contributed by atoms with Gasteiger partial charge in [0.15, 0.2) is 11.4 Å². The van der Waals surface area contributed by atoms with Crippen molar-refractivity contribution in [2.75, 3.05) is 129 Å². The van der Waals surface area contributed by atoms with Crippen molar-refractivity contribution in [2.45, 2.75) is 77.7 Å². The van der Waals surface area contributed by atoms with Crippen LogP contribution >= 0.6 is 21.6 Å². The van der Waals surface area contributed by atoms with Crippen molar-refractivity contribution in [1.29, 1.82) is 0 Å². The van der Waals surface area contributed by atoms with Gasteiger partial charge >= 0.3 is 0 Å². The second-order valence-electron chi connectivity index (χ2n) is 22.1. The molecular formula is C56H82N6O2S2+2. The van der Waals surface area contributed by atoms with Gasteiger partial charge in [0.05, 0.1) is 79.1 Å². The average Bonchev–Trinajstić information content (AvgIpc) is 4.03. The molecule has 2 aromatic carbocycles. The second kappa shape index (κ2) is 19.9. The molecule has 2 aromatic rings. The molecule has 0 amide bonds. The number of allylic oxidation sites excluding steroid dienone is 6. The molecule has 2 fully saturated rings. The van der Waals surface area contributed by atoms with E-state index in [1.807, 2.05) is 0 Å². The van der Waals surface area contributed by atoms with Gasteiger partial charge in [-0.1, -0.05) is 110 Å². The van der Waals surface area contributed by atoms with Gasteiger partial charge in [-0.3, -0.25) is 0 Å². The van der Waals surface area contributed by atoms with Crippen molar-refractivity contribution in [1.82, 2.24) is 9.80 Å². The van der Waals surface area contributed by atoms with Crippen LogP contribution in [0.25, 0.3) is 12.2 Å². The monoisotopic (exact) mass is 935 g/mol. The number of fused-ring (bicyclic) bond motifs is 4. The molecule has 0 spiro atoms. The van der Waals surface area contributed by atoms with Crippen molar-refractivity contribution in [3.63, 3.8) is 0 Å². The summed E-state index contributed by atoms with van der Waals surface area (Å²) in [7, 11) is 18.2. The summed E-state index contributed by atoms with van der Waals surface area (Å²) in [5, 5.41) is 0. The van der Waals surface area contributed by atoms with Gasteiger partial charge in [-0.05, 0) is 84.4 Å². The highest BCUT2D eigenvalue weighted by molar-refractivity contribution is 8.76. The lowest BCUT2D eigenvalue weighted by molar-refractivity contribution is -0.887. The maximum atomic E-state index is 6.58. The Labute approximate surface area is 407 Å². The van der Waals surface area contributed by atoms with Gasteiger partial charge in [-0.25, -0.2) is 0 Å². The topological polar surface area (TPSA) is 31.4 Å². The van der Waals surface area contributed by atoms with Crippen LogP contribution in [0.5, 0.6) is 0 Å². The summed E-state index contributed by atoms with van der Waals surface area (Å²) in [5.41, 5.74) is 9.91. The maximum absolute atomic E-state index is 6.58. The van der Waals surface area contributed by atoms with E-state index >= 15 is 0 Å². The molecule has 0 N–H and O–H groups in total. The maximum Gasteiger partial charge on any atom is 0.169 e. The Hall–Kier alpha value is -3.38. The first-order valence-corrected chi connectivity index (χ1v) is 27.5. The van der Waals surface area contributed by atoms with Crippen LogP contribution < -0.4 is 9.80 Å². The summed E-state index contributed by atoms with van der Waals surface area (Å²) >= 11 is 0. The van der Waals surface area contributed by atoms with E-state index < -0.39 is 11.4 Å². The molecule has 2 unspecified atom stereocenters. The van der Waals surface area contributed by atoms with Gasteiger partial charge < -0.3 is 38.0 Å². The van der Waals surface area contributed by atoms with E-state index in [9.17, 15) is 0 Å². The molecule has 0 aromatic heterocycles. The Kier molecular flexibility index (Phi) is 14.8. The zero-order valence-corrected chi connectivity index (χ0v) is 43.9. The van der Waals surface area contributed by atoms with E-state index in [4.69, 9.17) is 9.47 Å². The molecule has 0 bridgehead atoms. The van der Waals surface area contributed by atoms with Crippen molar-refractivity contribution in [3.05, 3.63) is 119 Å². The van der Waals surface area contributed by atoms with Crippen LogP contribution in [0.4, 0.5) is 11.4 Å². The first-order valence-electron chi connectivity index (χ1n) is 25.0. The molecule has 4 aliphatic heterocycles. The van der Waals surface area contributed by atoms with Crippen LogP contribution in [0.1, 0.15) is 77.3 Å². The third kappa shape index (κ3) is 9.89. The summed E-state index contributed by atoms with van der Waals surface area (Å²) in [6, 6.07) is 18.1. The number of nitrogens with zero attached hydrogens (tertiary/aromatic N) is 6. The number of anilines is 2. The Bertz CT molecular complexity index is 2050. The van der Waals surface area contributed by atoms with Crippen LogP contribution in [-0.2, 0) is 9.47 Å². The fraction of sp³-hybridized carbons (Fsp3) is 0.571. The smallest absolute Gasteiger partial charge is 0.169 e. The highest BCUT2D eigenvalue weighted by Crippen LogP contribution is 2.58. The zero-order chi connectivity index (χ0) is 46.8. The minimum absolute atomic E-state index is 0.0844. The number of quaternary nitrogens is 2. The molecule has 66 heavy (non-hydrogen) atoms. The molecule has 10 heteroatoms. The van der Waals surface area contributed by atoms with Crippen molar-refractivity contribution >= 4 is 45.1 Å². The lowest BCUT2D eigenvalue weighted by Gasteiger charge is -2.41. The van der Waals surface area contributed by atoms with Crippen molar-refractivity contribution < 1.29 is 18.4 Å². The van der Waals surface area contributed by atoms with E-state index in [1.165, 1.54) is 95.6 Å². The van der Waals surface area contributed by atoms with Crippen molar-refractivity contribution in [3.8, 4) is 0 Å². The summed E-state index contributed by atoms with van der Waals surface area (Å²) < 4.78 is 15.3. The van der Waals surface area contributed by atoms with E-state index in [1.54, 1.807) is 0 Å². The number of hydrogen-bond acceptors (Lipinski definition) is 8. The highest BCUT2D eigenvalue weighted by Gasteiger charge is 2.60. The SMILES string of the molecule is CN(CCC[N+](C)(C)CCSSCC[N+](C)(C)CCCN(C)c1ccc(/C=C/C23OCCN2C2=C(C=CCC2)C3(C)C)cc1)c1ccc(/C=C/C23OCCN2C2=C(C=CCC2)C3(C)C)cc1. The third-order valence-corrected chi connectivity index (χ3v) is 18.3. The molecule has 2 aliphatic carbocycles. The predicted molar refractivity (Wildman–Crippen MR) is 284 cm³/mol. The quantitative estimate of drug-likeness (QED) is 0.0695. The number of rotatable bonds is 21. The fourth-order valence-corrected chi connectivity index (χ4v) is 14.1. The molecule has 2 saturated heterocycles. The molecule has 0 radical (unpaired) electrons. The van der Waals surface area contributed by atoms with E-state index in [0.29, 0.717) is 0 Å². The van der Waals surface area contributed by atoms with Crippen LogP contribution in [0, 0.1) is 10.8 Å². The molecule has 2 atom stereocenters. The van der Waals surface area contributed by atoms with E-state index in [0.717, 1.165) is 74.0 Å². The van der Waals surface area contributed by atoms with Gasteiger partial charge in [-0.15, -0.1) is 0 Å². The fourth-order valence-electron chi connectivity index (χ4n) is 11.6. The number of ether oxygens (including phenoxy) is 2. The Balaban J connectivity index is 0.691. The first-order chi connectivity index (χ1) is 31.5. The van der Waals surface area contributed by atoms with Crippen LogP contribution in [0.15, 0.2) is 108 Å². The molecule has 358 valence electrons. The van der Waals surface area contributed by atoms with Gasteiger partial charge in [0, 0.05) is 86.7 Å². The van der Waals surface area contributed by atoms with Crippen LogP contribution in [0.3, 0.4) is 0 Å². The summed E-state index contributed by atoms with van der Waals surface area (Å²) in [6.07, 6.45) is 25.4. The molecule has 0 saturated carbocycles. The Morgan fingerprint density at radius 2 is 0.985 bits per heavy atom. The van der Waals surface area contributed by atoms with Crippen molar-refractivity contribution in [2.24, 2.45) is 10.8 Å². The third-order valence-electron chi connectivity index (χ3n) is 16.0. The minimum Gasteiger partial charge on any atom is -0.374 e. The van der Waals surface area contributed by atoms with Crippen LogP contribution in [0.2, 0.25) is 0 Å². The highest BCUT2D eigenvalue weighted by atomic mass is 33.1. The molecule has 6 aliphatic rings. The Morgan fingerprint density at radius 3 is 1.38 bits per heavy atom. The first kappa shape index (κ1) is 49.1. The summed E-state index contributed by atoms with van der Waals surface area (Å²) in [5.74, 6) is 2.38. The van der Waals surface area contributed by atoms with E-state index in [2.05, 4.69) is 208 Å². The summed E-state index contributed by atoms with van der Waals surface area (Å²) in [4.78, 5) is 9.91. The molecule has 8 nitrogen and oxygen atoms in total. The van der Waals surface area contributed by atoms with E-state index in [-0.39, 0.29) is 10.8 Å². The lowest BCUT2D eigenvalue weighted by Crippen LogP contribution is -2.48. The predicted octanol–water partition coefficient (Wildman–Crippen LogP) is 10.9. The summed E-state index contributed by atoms with van der Waals surface area (Å²) in [6.45, 7) is 19.8. The lowest BCUT2D eigenvalue weighted by atomic mass is 9.75. The van der Waals surface area contributed by atoms with Gasteiger partial charge in [0.25, 0.3) is 0 Å². The average molecular weight is 935 g/mol. The molecular weight excluding hydrogens is 853 g/mol. The largest absolute Gasteiger partial charge is 0.374 e. The van der Waals surface area contributed by atoms with Gasteiger partial charge in [0.2, 0.25) is 0 Å². The standard InChI is InChI=1S/C56H82N6O2S2/c1-53(2)49-17-11-13-19-51(49)59-35-41-63-55(53,59)31-29-45-21-25-47(26-22-45)57(5)33-15-37-61(7,8)39-43-65-66-44-40-62(9,10)38-16-34-58(6)48-27-23-46(24-28-48)30-32-56-54(3,4)50-18-12-14-20-52(50)60(56)36-42-64-56/h11-12,17-18,21-32H,13-16,19-20,33-44H2,1-10H3/q+2/b31-29+,32-30+. The zero-order valence-electron chi connectivity index (χ0n) is 42.3. The van der Waals surface area contributed by atoms with Crippen LogP contribution in [-0.4, -0.2) is 150 Å².